The SMILES string of the molecule is CC1(C)CCC(c2ccc(Cl)cc2)=C(CN2CCN(c3ccc(C(=O)NSc4ccc(N[C@H](CCN5CCN(CCOCCOCCNc6cccc7c6C(=O)N(C6CCC(=O)NC6=O)C7=O)CC5)CSc5ccccc5)c(SC(F)(F)F)c4)cc3)CC2)C1. The van der Waals surface area contributed by atoms with Gasteiger partial charge in [-0.15, -0.1) is 11.8 Å². The summed E-state index contributed by atoms with van der Waals surface area (Å²) in [4.78, 5) is 76.3. The highest BCUT2D eigenvalue weighted by Crippen LogP contribution is 2.44. The van der Waals surface area contributed by atoms with Crippen molar-refractivity contribution >= 4 is 99.2 Å². The zero-order valence-corrected chi connectivity index (χ0v) is 53.4. The van der Waals surface area contributed by atoms with E-state index in [1.807, 2.05) is 54.6 Å². The number of rotatable bonds is 27. The van der Waals surface area contributed by atoms with Gasteiger partial charge in [-0.1, -0.05) is 67.4 Å². The number of nitrogens with zero attached hydrogens (tertiary/aromatic N) is 5. The van der Waals surface area contributed by atoms with Gasteiger partial charge in [0.1, 0.15) is 6.04 Å². The lowest BCUT2D eigenvalue weighted by Gasteiger charge is -2.39. The van der Waals surface area contributed by atoms with E-state index in [-0.39, 0.29) is 58.0 Å². The normalized spacial score (nSPS) is 18.9. The van der Waals surface area contributed by atoms with Gasteiger partial charge in [0.2, 0.25) is 11.8 Å². The summed E-state index contributed by atoms with van der Waals surface area (Å²) in [5, 5.41) is 9.64. The van der Waals surface area contributed by atoms with E-state index >= 15 is 0 Å². The summed E-state index contributed by atoms with van der Waals surface area (Å²) in [5.41, 5.74) is 2.70. The van der Waals surface area contributed by atoms with E-state index in [0.29, 0.717) is 67.0 Å². The summed E-state index contributed by atoms with van der Waals surface area (Å²) in [6.45, 7) is 16.1. The topological polar surface area (TPSA) is 168 Å². The molecule has 5 aliphatic rings. The number of amides is 5. The van der Waals surface area contributed by atoms with Crippen LogP contribution < -0.4 is 25.6 Å². The van der Waals surface area contributed by atoms with Crippen LogP contribution in [0.15, 0.2) is 136 Å². The fourth-order valence-electron chi connectivity index (χ4n) is 12.0. The highest BCUT2D eigenvalue weighted by Gasteiger charge is 2.46. The zero-order valence-electron chi connectivity index (χ0n) is 50.2. The monoisotopic (exact) mass is 1300 g/mol. The molecule has 3 fully saturated rings. The van der Waals surface area contributed by atoms with Crippen molar-refractivity contribution in [2.24, 2.45) is 5.41 Å². The Hall–Kier alpha value is -6.08. The molecule has 0 bridgehead atoms. The maximum atomic E-state index is 14.2. The van der Waals surface area contributed by atoms with Gasteiger partial charge in [-0.2, -0.15) is 13.2 Å². The molecule has 23 heteroatoms. The lowest BCUT2D eigenvalue weighted by molar-refractivity contribution is -0.136. The molecular weight excluding hydrogens is 1220 g/mol. The number of anilines is 3. The van der Waals surface area contributed by atoms with Crippen molar-refractivity contribution in [1.29, 1.82) is 0 Å². The number of thioether (sulfide) groups is 2. The third-order valence-corrected chi connectivity index (χ3v) is 19.8. The van der Waals surface area contributed by atoms with Crippen LogP contribution in [0.5, 0.6) is 0 Å². The molecule has 10 rings (SSSR count). The van der Waals surface area contributed by atoms with Gasteiger partial charge in [-0.3, -0.25) is 48.7 Å². The molecule has 16 nitrogen and oxygen atoms in total. The Morgan fingerprint density at radius 3 is 2.18 bits per heavy atom. The average molecular weight is 1300 g/mol. The van der Waals surface area contributed by atoms with E-state index in [1.165, 1.54) is 22.8 Å². The number of imide groups is 2. The molecule has 0 saturated carbocycles. The van der Waals surface area contributed by atoms with Gasteiger partial charge < -0.3 is 29.9 Å². The van der Waals surface area contributed by atoms with E-state index in [4.69, 9.17) is 21.1 Å². The van der Waals surface area contributed by atoms with Crippen LogP contribution in [0.4, 0.5) is 30.2 Å². The van der Waals surface area contributed by atoms with E-state index < -0.39 is 35.2 Å². The molecule has 0 radical (unpaired) electrons. The number of alkyl halides is 3. The van der Waals surface area contributed by atoms with Crippen molar-refractivity contribution in [1.82, 2.24) is 29.6 Å². The number of hydrogen-bond acceptors (Lipinski definition) is 16. The van der Waals surface area contributed by atoms with E-state index in [0.717, 1.165) is 124 Å². The number of piperazine rings is 2. The molecule has 4 heterocycles. The molecule has 0 spiro atoms. The fourth-order valence-corrected chi connectivity index (χ4v) is 14.5. The second kappa shape index (κ2) is 30.8. The number of benzene rings is 5. The summed E-state index contributed by atoms with van der Waals surface area (Å²) >= 11 is 8.73. The number of nitrogens with one attached hydrogen (secondary N) is 4. The Labute approximate surface area is 536 Å². The number of piperidine rings is 1. The average Bonchev–Trinajstić information content (AvgIpc) is 2.34. The Bertz CT molecular complexity index is 3310. The van der Waals surface area contributed by atoms with Crippen LogP contribution in [-0.2, 0) is 19.1 Å². The highest BCUT2D eigenvalue weighted by molar-refractivity contribution is 8.00. The first kappa shape index (κ1) is 65.9. The van der Waals surface area contributed by atoms with Crippen LogP contribution in [0, 0.1) is 5.41 Å². The second-order valence-corrected chi connectivity index (χ2v) is 27.3. The molecule has 4 N–H and O–H groups in total. The Morgan fingerprint density at radius 2 is 1.46 bits per heavy atom. The second-order valence-electron chi connectivity index (χ2n) is 23.7. The van der Waals surface area contributed by atoms with Crippen molar-refractivity contribution in [2.75, 3.05) is 126 Å². The van der Waals surface area contributed by atoms with Crippen molar-refractivity contribution in [3.05, 3.63) is 148 Å². The molecule has 89 heavy (non-hydrogen) atoms. The predicted molar refractivity (Wildman–Crippen MR) is 348 cm³/mol. The molecule has 2 atom stereocenters. The van der Waals surface area contributed by atoms with Crippen LogP contribution >= 0.6 is 47.1 Å². The van der Waals surface area contributed by atoms with Crippen LogP contribution in [0.3, 0.4) is 0 Å². The summed E-state index contributed by atoms with van der Waals surface area (Å²) in [5.74, 6) is -1.93. The maximum absolute atomic E-state index is 14.2. The number of ether oxygens (including phenoxy) is 2. The standard InChI is InChI=1S/C66H77ClF3N9O7S3/c1-65(2)25-23-53(45-11-15-48(67)16-12-45)47(42-65)43-77-32-34-78(35-33-77)50-17-13-46(14-18-50)61(81)74-89-52-19-20-55(58(41-52)88-66(68,69)70)72-49(44-87-51-7-4-3-5-8-51)24-27-75-28-30-76(31-29-75)36-38-86-40-39-85-37-26-71-56-10-6-9-54-60(56)64(84)79(63(54)83)57-21-22-59(80)73-62(57)82/h3-20,41,49,57,71-72H,21-40,42-44H2,1-2H3,(H,74,81)(H,73,80,82)/t49-,57?/m1/s1. The first-order valence-electron chi connectivity index (χ1n) is 30.5. The number of carbonyl (C=O) groups is 5. The van der Waals surface area contributed by atoms with Crippen molar-refractivity contribution in [2.45, 2.75) is 84.7 Å². The third-order valence-electron chi connectivity index (χ3n) is 16.9. The zero-order chi connectivity index (χ0) is 62.5. The van der Waals surface area contributed by atoms with Gasteiger partial charge in [-0.25, -0.2) is 0 Å². The largest absolute Gasteiger partial charge is 0.446 e. The van der Waals surface area contributed by atoms with Gasteiger partial charge in [0.15, 0.2) is 0 Å². The number of allylic oxidation sites excluding steroid dienone is 1. The summed E-state index contributed by atoms with van der Waals surface area (Å²) in [7, 11) is 0. The lowest BCUT2D eigenvalue weighted by atomic mass is 9.73. The van der Waals surface area contributed by atoms with E-state index in [9.17, 15) is 37.1 Å². The Morgan fingerprint density at radius 1 is 0.753 bits per heavy atom. The van der Waals surface area contributed by atoms with Gasteiger partial charge >= 0.3 is 5.51 Å². The molecule has 5 aromatic rings. The summed E-state index contributed by atoms with van der Waals surface area (Å²) in [6, 6.07) is 34.4. The number of halogens is 4. The van der Waals surface area contributed by atoms with Crippen molar-refractivity contribution in [3.8, 4) is 0 Å². The van der Waals surface area contributed by atoms with Gasteiger partial charge in [-0.05, 0) is 151 Å². The fraction of sp³-hybridized carbons (Fsp3) is 0.439. The van der Waals surface area contributed by atoms with Crippen LogP contribution in [-0.4, -0.2) is 177 Å². The van der Waals surface area contributed by atoms with Crippen LogP contribution in [0.2, 0.25) is 5.02 Å². The highest BCUT2D eigenvalue weighted by atomic mass is 35.5. The smallest absolute Gasteiger partial charge is 0.382 e. The Balaban J connectivity index is 0.647. The first-order valence-corrected chi connectivity index (χ1v) is 33.5. The molecule has 5 aromatic carbocycles. The predicted octanol–water partition coefficient (Wildman–Crippen LogP) is 11.3. The van der Waals surface area contributed by atoms with Gasteiger partial charge in [0.25, 0.3) is 17.7 Å². The van der Waals surface area contributed by atoms with Crippen LogP contribution in [0.25, 0.3) is 5.57 Å². The van der Waals surface area contributed by atoms with E-state index in [1.54, 1.807) is 54.2 Å². The maximum Gasteiger partial charge on any atom is 0.446 e. The number of carbonyl (C=O) groups excluding carboxylic acids is 5. The molecule has 5 amide bonds. The van der Waals surface area contributed by atoms with Crippen LogP contribution in [0.1, 0.15) is 89.0 Å². The quantitative estimate of drug-likeness (QED) is 0.0169. The molecule has 3 saturated heterocycles. The Kier molecular flexibility index (Phi) is 22.8. The minimum atomic E-state index is -4.54. The molecule has 1 aliphatic carbocycles. The first-order chi connectivity index (χ1) is 42.9. The molecule has 1 unspecified atom stereocenters. The van der Waals surface area contributed by atoms with E-state index in [2.05, 4.69) is 66.3 Å². The molecule has 474 valence electrons. The summed E-state index contributed by atoms with van der Waals surface area (Å²) < 4.78 is 57.2. The number of fused-ring (bicyclic) bond motifs is 1. The molecule has 4 aliphatic heterocycles. The minimum Gasteiger partial charge on any atom is -0.382 e. The van der Waals surface area contributed by atoms with Crippen molar-refractivity contribution < 1.29 is 46.6 Å². The van der Waals surface area contributed by atoms with Gasteiger partial charge in [0, 0.05) is 139 Å². The van der Waals surface area contributed by atoms with Crippen molar-refractivity contribution in [3.63, 3.8) is 0 Å². The molecule has 0 aromatic heterocycles. The lowest BCUT2D eigenvalue weighted by Crippen LogP contribution is -2.54. The third kappa shape index (κ3) is 18.3. The number of hydrogen-bond donors (Lipinski definition) is 4. The summed E-state index contributed by atoms with van der Waals surface area (Å²) in [6.07, 6.45) is 4.12. The van der Waals surface area contributed by atoms with Gasteiger partial charge in [0.05, 0.1) is 37.6 Å². The minimum absolute atomic E-state index is 0.0312. The molecular formula is C66H77ClF3N9O7S3.